The fraction of sp³-hybridized carbons (Fsp3) is 0.476. The SMILES string of the molecule is NC(=O)c1ccc[n+]([C@@H]2O[C@H](COP(=O)([O-])OP(=O)([O-])OC[C@@H]3O[C@H](n4cnc5c(N)ncnc54)[C@@H](OP(=O)(O)O)[C@H]3O)[C@@H](O)[C@H]2O)c1. The molecule has 0 aromatic carbocycles. The first-order chi connectivity index (χ1) is 22.4. The fourth-order valence-electron chi connectivity index (χ4n) is 4.82. The van der Waals surface area contributed by atoms with Gasteiger partial charge in [-0.15, -0.1) is 0 Å². The highest BCUT2D eigenvalue weighted by atomic mass is 31.3. The van der Waals surface area contributed by atoms with E-state index in [1.165, 1.54) is 29.1 Å². The molecule has 9 N–H and O–H groups in total. The number of aliphatic hydroxyl groups is 3. The number of anilines is 1. The highest BCUT2D eigenvalue weighted by Gasteiger charge is 2.50. The molecule has 2 saturated heterocycles. The second-order valence-electron chi connectivity index (χ2n) is 10.2. The number of hydrogen-bond donors (Lipinski definition) is 7. The number of hydrogen-bond acceptors (Lipinski definition) is 19. The Kier molecular flexibility index (Phi) is 10.5. The van der Waals surface area contributed by atoms with Crippen molar-refractivity contribution in [2.75, 3.05) is 18.9 Å². The lowest BCUT2D eigenvalue weighted by atomic mass is 10.1. The molecule has 3 aromatic rings. The van der Waals surface area contributed by atoms with Crippen molar-refractivity contribution >= 4 is 46.4 Å². The number of carbonyl (C=O) groups excluding carboxylic acids is 1. The van der Waals surface area contributed by atoms with Gasteiger partial charge >= 0.3 is 7.82 Å². The minimum absolute atomic E-state index is 0.0178. The number of ether oxygens (including phenoxy) is 2. The smallest absolute Gasteiger partial charge is 0.470 e. The van der Waals surface area contributed by atoms with Crippen molar-refractivity contribution in [2.24, 2.45) is 5.73 Å². The molecule has 2 fully saturated rings. The van der Waals surface area contributed by atoms with E-state index in [-0.39, 0.29) is 22.5 Å². The number of aliphatic hydroxyl groups excluding tert-OH is 3. The van der Waals surface area contributed by atoms with Gasteiger partial charge in [0.05, 0.1) is 19.5 Å². The number of rotatable bonds is 13. The van der Waals surface area contributed by atoms with E-state index in [0.717, 1.165) is 17.2 Å². The Hall–Kier alpha value is -2.86. The summed E-state index contributed by atoms with van der Waals surface area (Å²) < 4.78 is 67.4. The van der Waals surface area contributed by atoms with Crippen LogP contribution in [-0.2, 0) is 41.1 Å². The highest BCUT2D eigenvalue weighted by Crippen LogP contribution is 2.56. The molecule has 264 valence electrons. The van der Waals surface area contributed by atoms with Gasteiger partial charge in [-0.2, -0.15) is 4.57 Å². The predicted octanol–water partition coefficient (Wildman–Crippen LogP) is -4.16. The zero-order chi connectivity index (χ0) is 35.2. The van der Waals surface area contributed by atoms with Crippen LogP contribution in [0.2, 0.25) is 0 Å². The quantitative estimate of drug-likeness (QED) is 0.0645. The topological polar surface area (TPSA) is 370 Å². The van der Waals surface area contributed by atoms with Crippen LogP contribution < -0.4 is 25.8 Å². The summed E-state index contributed by atoms with van der Waals surface area (Å²) in [5, 5.41) is 31.4. The van der Waals surface area contributed by atoms with Crippen molar-refractivity contribution in [3.05, 3.63) is 42.7 Å². The molecule has 10 atom stereocenters. The Morgan fingerprint density at radius 3 is 2.27 bits per heavy atom. The third-order valence-electron chi connectivity index (χ3n) is 6.96. The number of phosphoric acid groups is 3. The third-order valence-corrected chi connectivity index (χ3v) is 10.0. The molecule has 1 amide bonds. The third kappa shape index (κ3) is 8.12. The molecule has 24 nitrogen and oxygen atoms in total. The van der Waals surface area contributed by atoms with Gasteiger partial charge in [-0.05, 0) is 6.07 Å². The number of imidazole rings is 1. The molecule has 3 aromatic heterocycles. The molecule has 48 heavy (non-hydrogen) atoms. The molecule has 2 aliphatic rings. The average molecular weight is 742 g/mol. The Morgan fingerprint density at radius 2 is 1.65 bits per heavy atom. The molecule has 0 radical (unpaired) electrons. The summed E-state index contributed by atoms with van der Waals surface area (Å²) in [6.45, 7) is -2.21. The van der Waals surface area contributed by atoms with Gasteiger partial charge in [0.2, 0.25) is 0 Å². The number of nitrogen functional groups attached to an aromatic ring is 1. The number of phosphoric ester groups is 3. The van der Waals surface area contributed by atoms with Crippen LogP contribution in [0.1, 0.15) is 22.8 Å². The number of carbonyl (C=O) groups is 1. The van der Waals surface area contributed by atoms with E-state index in [1.54, 1.807) is 0 Å². The van der Waals surface area contributed by atoms with E-state index >= 15 is 0 Å². The van der Waals surface area contributed by atoms with Gasteiger partial charge in [0.25, 0.3) is 27.8 Å². The number of fused-ring (bicyclic) bond motifs is 1. The largest absolute Gasteiger partial charge is 0.756 e. The van der Waals surface area contributed by atoms with E-state index in [9.17, 15) is 53.4 Å². The summed E-state index contributed by atoms with van der Waals surface area (Å²) in [6, 6.07) is 2.76. The van der Waals surface area contributed by atoms with E-state index in [0.29, 0.717) is 0 Å². The maximum Gasteiger partial charge on any atom is 0.470 e. The Labute approximate surface area is 267 Å². The molecule has 27 heteroatoms. The lowest BCUT2D eigenvalue weighted by Crippen LogP contribution is -2.46. The first-order valence-electron chi connectivity index (χ1n) is 13.3. The maximum absolute atomic E-state index is 12.4. The number of aromatic nitrogens is 5. The highest BCUT2D eigenvalue weighted by molar-refractivity contribution is 7.59. The Morgan fingerprint density at radius 1 is 1.00 bits per heavy atom. The van der Waals surface area contributed by atoms with Gasteiger partial charge in [0.1, 0.15) is 47.9 Å². The molecule has 0 saturated carbocycles. The number of nitrogens with zero attached hydrogens (tertiary/aromatic N) is 5. The standard InChI is InChI=1S/C21H28N7O17P3/c22-17-12-19(25-7-24-17)28(8-26-12)21-16(44-46(33,34)35)14(30)11(43-21)6-41-48(38,39)45-47(36,37)40-5-10-13(29)15(31)20(42-10)27-3-1-2-9(4-27)18(23)32/h1-4,7-8,10-11,13-16,20-21,29-31H,5-6H2,(H7-,22,23,24,25,32,33,34,35,36,37,38,39)/p-1/t10-,11+,13-,14+,15-,16+,20-,21+/m1/s1. The first kappa shape index (κ1) is 36.4. The minimum atomic E-state index is -5.84. The number of pyridine rings is 1. The normalized spacial score (nSPS) is 30.3. The van der Waals surface area contributed by atoms with Crippen LogP contribution in [0.4, 0.5) is 5.82 Å². The summed E-state index contributed by atoms with van der Waals surface area (Å²) in [6.07, 6.45) is -8.80. The predicted molar refractivity (Wildman–Crippen MR) is 146 cm³/mol. The molecule has 2 unspecified atom stereocenters. The lowest BCUT2D eigenvalue weighted by Gasteiger charge is -2.31. The van der Waals surface area contributed by atoms with Crippen LogP contribution in [0.15, 0.2) is 37.2 Å². The van der Waals surface area contributed by atoms with E-state index in [4.69, 9.17) is 20.9 Å². The lowest BCUT2D eigenvalue weighted by molar-refractivity contribution is -0.765. The number of nitrogens with two attached hydrogens (primary N) is 2. The van der Waals surface area contributed by atoms with Crippen molar-refractivity contribution in [1.29, 1.82) is 0 Å². The molecular weight excluding hydrogens is 715 g/mol. The molecular formula is C21H27N7O17P3-. The van der Waals surface area contributed by atoms with Gasteiger partial charge in [0, 0.05) is 6.07 Å². The summed E-state index contributed by atoms with van der Waals surface area (Å²) in [4.78, 5) is 66.6. The fourth-order valence-corrected chi connectivity index (χ4v) is 7.38. The van der Waals surface area contributed by atoms with Crippen molar-refractivity contribution < 1.29 is 85.3 Å². The summed E-state index contributed by atoms with van der Waals surface area (Å²) in [7, 11) is -16.9. The van der Waals surface area contributed by atoms with Crippen LogP contribution in [0.3, 0.4) is 0 Å². The molecule has 0 bridgehead atoms. The zero-order valence-corrected chi connectivity index (χ0v) is 26.5. The van der Waals surface area contributed by atoms with Crippen molar-refractivity contribution in [1.82, 2.24) is 19.5 Å². The van der Waals surface area contributed by atoms with Crippen molar-refractivity contribution in [3.63, 3.8) is 0 Å². The summed E-state index contributed by atoms with van der Waals surface area (Å²) in [5.74, 6) is -0.876. The van der Waals surface area contributed by atoms with E-state index < -0.39 is 91.7 Å². The average Bonchev–Trinajstić information content (AvgIpc) is 3.64. The van der Waals surface area contributed by atoms with Crippen LogP contribution >= 0.6 is 23.5 Å². The zero-order valence-electron chi connectivity index (χ0n) is 23.9. The van der Waals surface area contributed by atoms with Crippen LogP contribution in [0.5, 0.6) is 0 Å². The van der Waals surface area contributed by atoms with Gasteiger partial charge in [-0.1, -0.05) is 0 Å². The molecule has 5 rings (SSSR count). The maximum atomic E-state index is 12.4. The molecule has 5 heterocycles. The Balaban J connectivity index is 1.21. The van der Waals surface area contributed by atoms with Crippen LogP contribution in [0, 0.1) is 0 Å². The van der Waals surface area contributed by atoms with Crippen LogP contribution in [0.25, 0.3) is 11.2 Å². The van der Waals surface area contributed by atoms with Crippen molar-refractivity contribution in [3.8, 4) is 0 Å². The first-order valence-corrected chi connectivity index (χ1v) is 17.8. The molecule has 0 aliphatic carbocycles. The summed E-state index contributed by atoms with van der Waals surface area (Å²) >= 11 is 0. The molecule has 2 aliphatic heterocycles. The van der Waals surface area contributed by atoms with E-state index in [1.807, 2.05) is 0 Å². The monoisotopic (exact) mass is 742 g/mol. The second-order valence-corrected chi connectivity index (χ2v) is 14.4. The Bertz CT molecular complexity index is 1810. The van der Waals surface area contributed by atoms with Gasteiger partial charge in [-0.25, -0.2) is 23.8 Å². The van der Waals surface area contributed by atoms with E-state index in [2.05, 4.69) is 32.8 Å². The minimum Gasteiger partial charge on any atom is -0.756 e. The number of primary amides is 1. The van der Waals surface area contributed by atoms with Gasteiger partial charge in [0.15, 0.2) is 36.2 Å². The van der Waals surface area contributed by atoms with Crippen LogP contribution in [-0.4, -0.2) is 100 Å². The second kappa shape index (κ2) is 13.8. The number of amides is 1. The van der Waals surface area contributed by atoms with Crippen molar-refractivity contribution in [2.45, 2.75) is 49.1 Å². The summed E-state index contributed by atoms with van der Waals surface area (Å²) in [5.41, 5.74) is 11.0. The van der Waals surface area contributed by atoms with Gasteiger partial charge < -0.3 is 64.9 Å². The van der Waals surface area contributed by atoms with Gasteiger partial charge in [-0.3, -0.25) is 23.0 Å². The molecule has 0 spiro atoms.